The molecule has 0 aromatic carbocycles. The molecule has 0 saturated heterocycles. The first-order valence-electron chi connectivity index (χ1n) is 6.38. The van der Waals surface area contributed by atoms with Crippen LogP contribution >= 0.6 is 11.3 Å². The number of aryl methyl sites for hydroxylation is 2. The molecule has 3 aromatic rings. The average molecular weight is 274 g/mol. The molecule has 4 rings (SSSR count). The molecule has 1 aliphatic rings. The second kappa shape index (κ2) is 3.63. The van der Waals surface area contributed by atoms with Crippen molar-refractivity contribution in [1.82, 2.24) is 29.6 Å². The molecule has 0 N–H and O–H groups in total. The summed E-state index contributed by atoms with van der Waals surface area (Å²) >= 11 is 1.58. The topological polar surface area (TPSA) is 60.9 Å². The second-order valence-corrected chi connectivity index (χ2v) is 6.06. The van der Waals surface area contributed by atoms with Gasteiger partial charge in [0.2, 0.25) is 4.96 Å². The third kappa shape index (κ3) is 1.54. The fraction of sp³-hybridized carbons (Fsp3) is 0.500. The zero-order chi connectivity index (χ0) is 13.1. The van der Waals surface area contributed by atoms with E-state index in [1.165, 1.54) is 12.8 Å². The minimum absolute atomic E-state index is 0.557. The fourth-order valence-corrected chi connectivity index (χ4v) is 3.41. The Hall–Kier alpha value is -1.76. The molecule has 7 heteroatoms. The summed E-state index contributed by atoms with van der Waals surface area (Å²) in [6.07, 6.45) is 2.41. The molecule has 0 aliphatic heterocycles. The van der Waals surface area contributed by atoms with E-state index in [0.29, 0.717) is 5.92 Å². The van der Waals surface area contributed by atoms with E-state index >= 15 is 0 Å². The molecule has 6 nitrogen and oxygen atoms in total. The van der Waals surface area contributed by atoms with E-state index in [1.54, 1.807) is 11.3 Å². The Labute approximate surface area is 114 Å². The van der Waals surface area contributed by atoms with Crippen LogP contribution in [0.3, 0.4) is 0 Å². The van der Waals surface area contributed by atoms with E-state index < -0.39 is 0 Å². The number of hydrogen-bond acceptors (Lipinski definition) is 5. The van der Waals surface area contributed by atoms with Gasteiger partial charge in [0.1, 0.15) is 0 Å². The number of hydrogen-bond donors (Lipinski definition) is 0. The van der Waals surface area contributed by atoms with Crippen LogP contribution in [0.2, 0.25) is 0 Å². The Morgan fingerprint density at radius 3 is 2.58 bits per heavy atom. The molecule has 0 radical (unpaired) electrons. The van der Waals surface area contributed by atoms with Gasteiger partial charge in [0.15, 0.2) is 10.8 Å². The van der Waals surface area contributed by atoms with E-state index in [-0.39, 0.29) is 0 Å². The van der Waals surface area contributed by atoms with Crippen LogP contribution in [0.5, 0.6) is 0 Å². The molecule has 0 bridgehead atoms. The highest BCUT2D eigenvalue weighted by atomic mass is 32.1. The molecule has 0 unspecified atom stereocenters. The summed E-state index contributed by atoms with van der Waals surface area (Å²) in [5, 5.41) is 18.6. The minimum Gasteiger partial charge on any atom is -0.272 e. The Balaban J connectivity index is 1.91. The molecule has 0 amide bonds. The van der Waals surface area contributed by atoms with Crippen molar-refractivity contribution in [2.24, 2.45) is 7.05 Å². The number of fused-ring (bicyclic) bond motifs is 1. The summed E-state index contributed by atoms with van der Waals surface area (Å²) in [4.78, 5) is 0.875. The molecule has 98 valence electrons. The minimum atomic E-state index is 0.557. The SMILES string of the molecule is Cc1nn(C)c(C)c1-c1nn2c(C3CC3)nnc2s1. The van der Waals surface area contributed by atoms with Gasteiger partial charge in [-0.15, -0.1) is 10.2 Å². The zero-order valence-corrected chi connectivity index (χ0v) is 11.9. The number of aromatic nitrogens is 6. The maximum atomic E-state index is 4.70. The van der Waals surface area contributed by atoms with Gasteiger partial charge in [-0.3, -0.25) is 4.68 Å². The van der Waals surface area contributed by atoms with E-state index in [4.69, 9.17) is 5.10 Å². The van der Waals surface area contributed by atoms with E-state index in [0.717, 1.165) is 32.7 Å². The lowest BCUT2D eigenvalue weighted by atomic mass is 10.2. The largest absolute Gasteiger partial charge is 0.272 e. The van der Waals surface area contributed by atoms with Crippen LogP contribution in [0.4, 0.5) is 0 Å². The number of nitrogens with zero attached hydrogens (tertiary/aromatic N) is 6. The predicted octanol–water partition coefficient (Wildman–Crippen LogP) is 2.08. The van der Waals surface area contributed by atoms with Crippen molar-refractivity contribution < 1.29 is 0 Å². The van der Waals surface area contributed by atoms with Crippen molar-refractivity contribution in [3.05, 3.63) is 17.2 Å². The van der Waals surface area contributed by atoms with Crippen LogP contribution in [0.1, 0.15) is 36.0 Å². The van der Waals surface area contributed by atoms with Crippen molar-refractivity contribution in [1.29, 1.82) is 0 Å². The standard InChI is InChI=1S/C12H14N6S/c1-6-9(7(2)17(3)15-6)11-16-18-10(8-4-5-8)13-14-12(18)19-11/h8H,4-5H2,1-3H3. The summed E-state index contributed by atoms with van der Waals surface area (Å²) in [6, 6.07) is 0. The zero-order valence-electron chi connectivity index (χ0n) is 11.1. The lowest BCUT2D eigenvalue weighted by Crippen LogP contribution is -1.94. The van der Waals surface area contributed by atoms with Crippen molar-refractivity contribution in [3.8, 4) is 10.6 Å². The highest BCUT2D eigenvalue weighted by Crippen LogP contribution is 2.40. The molecule has 1 fully saturated rings. The van der Waals surface area contributed by atoms with Crippen molar-refractivity contribution in [3.63, 3.8) is 0 Å². The maximum Gasteiger partial charge on any atom is 0.234 e. The van der Waals surface area contributed by atoms with Crippen LogP contribution in [0.25, 0.3) is 15.5 Å². The third-order valence-electron chi connectivity index (χ3n) is 3.68. The van der Waals surface area contributed by atoms with Gasteiger partial charge in [0.25, 0.3) is 0 Å². The maximum absolute atomic E-state index is 4.70. The van der Waals surface area contributed by atoms with Crippen LogP contribution in [-0.4, -0.2) is 29.6 Å². The molecule has 0 atom stereocenters. The average Bonchev–Trinajstić information content (AvgIpc) is 2.92. The summed E-state index contributed by atoms with van der Waals surface area (Å²) in [5.41, 5.74) is 3.27. The monoisotopic (exact) mass is 274 g/mol. The van der Waals surface area contributed by atoms with Crippen LogP contribution in [0.15, 0.2) is 0 Å². The normalized spacial score (nSPS) is 15.5. The highest BCUT2D eigenvalue weighted by molar-refractivity contribution is 7.19. The molecule has 0 spiro atoms. The van der Waals surface area contributed by atoms with Crippen molar-refractivity contribution in [2.45, 2.75) is 32.6 Å². The Bertz CT molecular complexity index is 776. The second-order valence-electron chi connectivity index (χ2n) is 5.10. The van der Waals surface area contributed by atoms with Gasteiger partial charge < -0.3 is 0 Å². The summed E-state index contributed by atoms with van der Waals surface area (Å²) in [6.45, 7) is 4.09. The molecule has 3 aromatic heterocycles. The first kappa shape index (κ1) is 11.1. The lowest BCUT2D eigenvalue weighted by Gasteiger charge is -1.96. The van der Waals surface area contributed by atoms with Gasteiger partial charge in [-0.1, -0.05) is 11.3 Å². The molecular formula is C12H14N6S. The van der Waals surface area contributed by atoms with Crippen molar-refractivity contribution >= 4 is 16.3 Å². The lowest BCUT2D eigenvalue weighted by molar-refractivity contribution is 0.731. The van der Waals surface area contributed by atoms with Gasteiger partial charge in [0.05, 0.1) is 11.3 Å². The van der Waals surface area contributed by atoms with E-state index in [9.17, 15) is 0 Å². The predicted molar refractivity (Wildman–Crippen MR) is 72.3 cm³/mol. The fourth-order valence-electron chi connectivity index (χ4n) is 2.41. The van der Waals surface area contributed by atoms with Gasteiger partial charge in [-0.25, -0.2) is 0 Å². The van der Waals surface area contributed by atoms with Crippen LogP contribution in [-0.2, 0) is 7.05 Å². The Kier molecular flexibility index (Phi) is 2.12. The van der Waals surface area contributed by atoms with Gasteiger partial charge in [-0.05, 0) is 26.7 Å². The molecule has 19 heavy (non-hydrogen) atoms. The molecule has 3 heterocycles. The summed E-state index contributed by atoms with van der Waals surface area (Å²) in [5.74, 6) is 1.57. The Morgan fingerprint density at radius 2 is 1.95 bits per heavy atom. The molecule has 1 saturated carbocycles. The van der Waals surface area contributed by atoms with E-state index in [1.807, 2.05) is 23.2 Å². The molecular weight excluding hydrogens is 260 g/mol. The van der Waals surface area contributed by atoms with E-state index in [2.05, 4.69) is 22.2 Å². The summed E-state index contributed by atoms with van der Waals surface area (Å²) < 4.78 is 3.80. The van der Waals surface area contributed by atoms with Gasteiger partial charge in [-0.2, -0.15) is 14.7 Å². The quantitative estimate of drug-likeness (QED) is 0.718. The number of rotatable bonds is 2. The summed E-state index contributed by atoms with van der Waals surface area (Å²) in [7, 11) is 1.96. The van der Waals surface area contributed by atoms with Gasteiger partial charge in [0, 0.05) is 18.7 Å². The van der Waals surface area contributed by atoms with Crippen LogP contribution in [0, 0.1) is 13.8 Å². The Morgan fingerprint density at radius 1 is 1.16 bits per heavy atom. The molecule has 1 aliphatic carbocycles. The van der Waals surface area contributed by atoms with Crippen LogP contribution < -0.4 is 0 Å². The first-order valence-corrected chi connectivity index (χ1v) is 7.19. The van der Waals surface area contributed by atoms with Crippen molar-refractivity contribution in [2.75, 3.05) is 0 Å². The highest BCUT2D eigenvalue weighted by Gasteiger charge is 2.30. The smallest absolute Gasteiger partial charge is 0.234 e. The van der Waals surface area contributed by atoms with Gasteiger partial charge >= 0.3 is 0 Å². The third-order valence-corrected chi connectivity index (χ3v) is 4.60. The first-order chi connectivity index (χ1) is 9.15.